The number of aromatic nitrogens is 1. The Hall–Kier alpha value is -0.940. The van der Waals surface area contributed by atoms with E-state index in [9.17, 15) is 5.11 Å². The summed E-state index contributed by atoms with van der Waals surface area (Å²) in [6.45, 7) is 5.76. The van der Waals surface area contributed by atoms with Crippen LogP contribution < -0.4 is 0 Å². The second-order valence-electron chi connectivity index (χ2n) is 3.80. The standard InChI is InChI=1S/C13H12INO.C2H6/c1-13(16,12-7-2-3-8-15-12)10-5-4-6-11(14)9-10;1-2/h2-9,16H,1H3;1-2H3. The van der Waals surface area contributed by atoms with Crippen molar-refractivity contribution < 1.29 is 5.11 Å². The number of rotatable bonds is 2. The van der Waals surface area contributed by atoms with E-state index in [1.54, 1.807) is 13.1 Å². The molecule has 0 aliphatic carbocycles. The van der Waals surface area contributed by atoms with E-state index in [0.29, 0.717) is 5.69 Å². The summed E-state index contributed by atoms with van der Waals surface area (Å²) in [5.74, 6) is 0. The molecule has 3 heteroatoms. The number of halogens is 1. The van der Waals surface area contributed by atoms with Crippen molar-refractivity contribution >= 4 is 22.6 Å². The number of hydrogen-bond acceptors (Lipinski definition) is 2. The van der Waals surface area contributed by atoms with Crippen LogP contribution in [0.15, 0.2) is 48.7 Å². The molecule has 1 N–H and O–H groups in total. The zero-order valence-electron chi connectivity index (χ0n) is 10.9. The summed E-state index contributed by atoms with van der Waals surface area (Å²) >= 11 is 2.23. The molecule has 0 saturated carbocycles. The quantitative estimate of drug-likeness (QED) is 0.827. The molecule has 0 amide bonds. The van der Waals surface area contributed by atoms with E-state index in [2.05, 4.69) is 27.6 Å². The van der Waals surface area contributed by atoms with Crippen LogP contribution in [0.4, 0.5) is 0 Å². The molecular weight excluding hydrogens is 337 g/mol. The lowest BCUT2D eigenvalue weighted by molar-refractivity contribution is 0.0973. The van der Waals surface area contributed by atoms with Crippen molar-refractivity contribution in [3.63, 3.8) is 0 Å². The lowest BCUT2D eigenvalue weighted by Gasteiger charge is -2.23. The first-order valence-electron chi connectivity index (χ1n) is 6.00. The lowest BCUT2D eigenvalue weighted by Crippen LogP contribution is -2.24. The first-order valence-corrected chi connectivity index (χ1v) is 7.08. The highest BCUT2D eigenvalue weighted by molar-refractivity contribution is 14.1. The maximum absolute atomic E-state index is 10.5. The summed E-state index contributed by atoms with van der Waals surface area (Å²) in [7, 11) is 0. The molecule has 0 saturated heterocycles. The zero-order chi connectivity index (χ0) is 13.6. The van der Waals surface area contributed by atoms with Crippen LogP contribution in [0, 0.1) is 3.57 Å². The molecule has 1 unspecified atom stereocenters. The summed E-state index contributed by atoms with van der Waals surface area (Å²) in [4.78, 5) is 4.20. The molecule has 0 radical (unpaired) electrons. The molecule has 1 heterocycles. The molecule has 0 bridgehead atoms. The SMILES string of the molecule is CC.CC(O)(c1cccc(I)c1)c1ccccn1. The fourth-order valence-electron chi connectivity index (χ4n) is 1.59. The van der Waals surface area contributed by atoms with Crippen molar-refractivity contribution in [3.8, 4) is 0 Å². The molecular formula is C15H18INO. The van der Waals surface area contributed by atoms with Gasteiger partial charge in [-0.2, -0.15) is 0 Å². The summed E-state index contributed by atoms with van der Waals surface area (Å²) in [5.41, 5.74) is 0.484. The minimum atomic E-state index is -1.04. The highest BCUT2D eigenvalue weighted by Gasteiger charge is 2.26. The Morgan fingerprint density at radius 3 is 2.39 bits per heavy atom. The van der Waals surface area contributed by atoms with Crippen molar-refractivity contribution in [1.29, 1.82) is 0 Å². The van der Waals surface area contributed by atoms with E-state index in [4.69, 9.17) is 0 Å². The third kappa shape index (κ3) is 3.53. The predicted molar refractivity (Wildman–Crippen MR) is 83.4 cm³/mol. The number of hydrogen-bond donors (Lipinski definition) is 1. The summed E-state index contributed by atoms with van der Waals surface area (Å²) in [6.07, 6.45) is 1.69. The smallest absolute Gasteiger partial charge is 0.129 e. The van der Waals surface area contributed by atoms with Crippen LogP contribution in [0.3, 0.4) is 0 Å². The van der Waals surface area contributed by atoms with Crippen LogP contribution >= 0.6 is 22.6 Å². The van der Waals surface area contributed by atoms with E-state index in [-0.39, 0.29) is 0 Å². The van der Waals surface area contributed by atoms with Gasteiger partial charge in [0.05, 0.1) is 5.69 Å². The molecule has 96 valence electrons. The third-order valence-electron chi connectivity index (χ3n) is 2.55. The molecule has 0 spiro atoms. The Morgan fingerprint density at radius 1 is 1.11 bits per heavy atom. The largest absolute Gasteiger partial charge is 0.379 e. The van der Waals surface area contributed by atoms with E-state index < -0.39 is 5.60 Å². The van der Waals surface area contributed by atoms with Crippen molar-refractivity contribution in [3.05, 3.63) is 63.5 Å². The number of benzene rings is 1. The van der Waals surface area contributed by atoms with E-state index in [1.807, 2.05) is 56.3 Å². The topological polar surface area (TPSA) is 33.1 Å². The second-order valence-corrected chi connectivity index (χ2v) is 5.04. The molecule has 1 atom stereocenters. The van der Waals surface area contributed by atoms with Crippen molar-refractivity contribution in [2.45, 2.75) is 26.4 Å². The first-order chi connectivity index (χ1) is 8.60. The number of aliphatic hydroxyl groups is 1. The predicted octanol–water partition coefficient (Wildman–Crippen LogP) is 3.97. The Morgan fingerprint density at radius 2 is 1.83 bits per heavy atom. The minimum Gasteiger partial charge on any atom is -0.379 e. The van der Waals surface area contributed by atoms with Gasteiger partial charge in [0, 0.05) is 9.77 Å². The van der Waals surface area contributed by atoms with Gasteiger partial charge in [0.1, 0.15) is 5.60 Å². The van der Waals surface area contributed by atoms with Crippen LogP contribution in [0.1, 0.15) is 32.0 Å². The van der Waals surface area contributed by atoms with Gasteiger partial charge in [-0.3, -0.25) is 4.98 Å². The normalized spacial score (nSPS) is 13.2. The Balaban J connectivity index is 0.000000771. The maximum Gasteiger partial charge on any atom is 0.129 e. The monoisotopic (exact) mass is 355 g/mol. The fourth-order valence-corrected chi connectivity index (χ4v) is 2.13. The molecule has 18 heavy (non-hydrogen) atoms. The molecule has 2 nitrogen and oxygen atoms in total. The van der Waals surface area contributed by atoms with Gasteiger partial charge in [-0.15, -0.1) is 0 Å². The number of pyridine rings is 1. The van der Waals surface area contributed by atoms with E-state index >= 15 is 0 Å². The van der Waals surface area contributed by atoms with Crippen molar-refractivity contribution in [2.75, 3.05) is 0 Å². The minimum absolute atomic E-state index is 0.664. The van der Waals surface area contributed by atoms with Crippen molar-refractivity contribution in [1.82, 2.24) is 4.98 Å². The third-order valence-corrected chi connectivity index (χ3v) is 3.22. The average Bonchev–Trinajstić information content (AvgIpc) is 2.42. The molecule has 0 aliphatic rings. The van der Waals surface area contributed by atoms with Gasteiger partial charge in [-0.25, -0.2) is 0 Å². The average molecular weight is 355 g/mol. The Labute approximate surface area is 122 Å². The van der Waals surface area contributed by atoms with Gasteiger partial charge < -0.3 is 5.11 Å². The lowest BCUT2D eigenvalue weighted by atomic mass is 9.92. The summed E-state index contributed by atoms with van der Waals surface area (Å²) < 4.78 is 1.10. The van der Waals surface area contributed by atoms with E-state index in [0.717, 1.165) is 9.13 Å². The van der Waals surface area contributed by atoms with Crippen molar-refractivity contribution in [2.24, 2.45) is 0 Å². The first kappa shape index (κ1) is 15.1. The molecule has 2 aromatic rings. The molecule has 0 aliphatic heterocycles. The Bertz CT molecular complexity index is 483. The van der Waals surface area contributed by atoms with E-state index in [1.165, 1.54) is 0 Å². The highest BCUT2D eigenvalue weighted by Crippen LogP contribution is 2.28. The zero-order valence-corrected chi connectivity index (χ0v) is 13.0. The van der Waals surface area contributed by atoms with Crippen LogP contribution in [0.5, 0.6) is 0 Å². The Kier molecular flexibility index (Phi) is 5.75. The summed E-state index contributed by atoms with van der Waals surface area (Å²) in [6, 6.07) is 13.4. The maximum atomic E-state index is 10.5. The fraction of sp³-hybridized carbons (Fsp3) is 0.267. The van der Waals surface area contributed by atoms with Gasteiger partial charge in [-0.1, -0.05) is 32.0 Å². The molecule has 1 aromatic heterocycles. The van der Waals surface area contributed by atoms with Gasteiger partial charge >= 0.3 is 0 Å². The van der Waals surface area contributed by atoms with Crippen LogP contribution in [0.25, 0.3) is 0 Å². The highest BCUT2D eigenvalue weighted by atomic mass is 127. The summed E-state index contributed by atoms with van der Waals surface area (Å²) in [5, 5.41) is 10.5. The van der Waals surface area contributed by atoms with Gasteiger partial charge in [0.2, 0.25) is 0 Å². The molecule has 0 fully saturated rings. The van der Waals surface area contributed by atoms with Gasteiger partial charge in [-0.05, 0) is 59.3 Å². The number of nitrogens with zero attached hydrogens (tertiary/aromatic N) is 1. The van der Waals surface area contributed by atoms with Gasteiger partial charge in [0.25, 0.3) is 0 Å². The molecule has 2 rings (SSSR count). The second kappa shape index (κ2) is 6.85. The van der Waals surface area contributed by atoms with Crippen LogP contribution in [-0.4, -0.2) is 10.1 Å². The van der Waals surface area contributed by atoms with Crippen LogP contribution in [-0.2, 0) is 5.60 Å². The molecule has 1 aromatic carbocycles. The van der Waals surface area contributed by atoms with Gasteiger partial charge in [0.15, 0.2) is 0 Å². The van der Waals surface area contributed by atoms with Crippen LogP contribution in [0.2, 0.25) is 0 Å².